The molecule has 1 saturated carbocycles. The van der Waals surface area contributed by atoms with E-state index in [-0.39, 0.29) is 6.04 Å². The van der Waals surface area contributed by atoms with Crippen molar-refractivity contribution in [1.29, 1.82) is 0 Å². The Kier molecular flexibility index (Phi) is 2.40. The molecule has 2 bridgehead atoms. The molecule has 3 heteroatoms. The SMILES string of the molecule is c1ccc([C@H]2COC([C@@H]3N[C@H]4CC[C@@H]3C4)=N2)cc1. The third-order valence-corrected chi connectivity index (χ3v) is 4.48. The van der Waals surface area contributed by atoms with E-state index < -0.39 is 0 Å². The molecule has 1 N–H and O–H groups in total. The lowest BCUT2D eigenvalue weighted by molar-refractivity contribution is 0.289. The summed E-state index contributed by atoms with van der Waals surface area (Å²) >= 11 is 0. The molecule has 2 heterocycles. The molecule has 0 unspecified atom stereocenters. The van der Waals surface area contributed by atoms with Crippen LogP contribution in [0.2, 0.25) is 0 Å². The first-order chi connectivity index (χ1) is 8.90. The Morgan fingerprint density at radius 2 is 2.06 bits per heavy atom. The van der Waals surface area contributed by atoms with E-state index in [0.717, 1.165) is 11.8 Å². The number of hydrogen-bond acceptors (Lipinski definition) is 3. The Bertz CT molecular complexity index is 471. The maximum atomic E-state index is 5.84. The zero-order valence-corrected chi connectivity index (χ0v) is 10.4. The van der Waals surface area contributed by atoms with Gasteiger partial charge in [0.15, 0.2) is 0 Å². The summed E-state index contributed by atoms with van der Waals surface area (Å²) in [4.78, 5) is 4.79. The fourth-order valence-electron chi connectivity index (χ4n) is 3.54. The minimum absolute atomic E-state index is 0.196. The quantitative estimate of drug-likeness (QED) is 0.863. The van der Waals surface area contributed by atoms with Gasteiger partial charge in [-0.3, -0.25) is 0 Å². The van der Waals surface area contributed by atoms with Gasteiger partial charge < -0.3 is 10.1 Å². The average Bonchev–Trinajstić information content (AvgIpc) is 3.15. The van der Waals surface area contributed by atoms with Crippen LogP contribution in [0.3, 0.4) is 0 Å². The molecule has 0 spiro atoms. The number of rotatable bonds is 2. The summed E-state index contributed by atoms with van der Waals surface area (Å²) in [6.07, 6.45) is 3.97. The van der Waals surface area contributed by atoms with Crippen LogP contribution >= 0.6 is 0 Å². The minimum atomic E-state index is 0.196. The number of benzene rings is 1. The van der Waals surface area contributed by atoms with E-state index in [4.69, 9.17) is 9.73 Å². The van der Waals surface area contributed by atoms with Crippen LogP contribution < -0.4 is 5.32 Å². The van der Waals surface area contributed by atoms with Crippen molar-refractivity contribution in [2.75, 3.05) is 6.61 Å². The molecule has 4 rings (SSSR count). The molecule has 0 amide bonds. The van der Waals surface area contributed by atoms with Crippen molar-refractivity contribution >= 4 is 5.90 Å². The van der Waals surface area contributed by atoms with Gasteiger partial charge in [-0.25, -0.2) is 4.99 Å². The molecule has 0 radical (unpaired) electrons. The summed E-state index contributed by atoms with van der Waals surface area (Å²) in [5.41, 5.74) is 1.26. The molecule has 18 heavy (non-hydrogen) atoms. The van der Waals surface area contributed by atoms with Crippen LogP contribution in [0.5, 0.6) is 0 Å². The second-order valence-electron chi connectivity index (χ2n) is 5.62. The van der Waals surface area contributed by atoms with E-state index in [9.17, 15) is 0 Å². The Morgan fingerprint density at radius 1 is 1.17 bits per heavy atom. The van der Waals surface area contributed by atoms with Crippen molar-refractivity contribution in [2.24, 2.45) is 10.9 Å². The summed E-state index contributed by atoms with van der Waals surface area (Å²) < 4.78 is 5.84. The molecule has 3 nitrogen and oxygen atoms in total. The average molecular weight is 242 g/mol. The summed E-state index contributed by atoms with van der Waals surface area (Å²) in [5.74, 6) is 1.71. The Balaban J connectivity index is 1.54. The molecule has 2 fully saturated rings. The molecule has 94 valence electrons. The largest absolute Gasteiger partial charge is 0.477 e. The molecule has 2 aliphatic heterocycles. The van der Waals surface area contributed by atoms with E-state index in [1.807, 2.05) is 6.07 Å². The number of fused-ring (bicyclic) bond motifs is 2. The third kappa shape index (κ3) is 1.65. The van der Waals surface area contributed by atoms with Crippen molar-refractivity contribution in [3.63, 3.8) is 0 Å². The first-order valence-electron chi connectivity index (χ1n) is 6.91. The molecule has 1 saturated heterocycles. The van der Waals surface area contributed by atoms with E-state index in [1.165, 1.54) is 24.8 Å². The van der Waals surface area contributed by atoms with Crippen molar-refractivity contribution < 1.29 is 4.74 Å². The van der Waals surface area contributed by atoms with Crippen LogP contribution in [0.1, 0.15) is 30.9 Å². The van der Waals surface area contributed by atoms with Crippen LogP contribution in [0.25, 0.3) is 0 Å². The first kappa shape index (κ1) is 10.6. The molecule has 1 aromatic carbocycles. The predicted octanol–water partition coefficient (Wildman–Crippen LogP) is 2.30. The highest BCUT2D eigenvalue weighted by Gasteiger charge is 2.43. The van der Waals surface area contributed by atoms with E-state index in [0.29, 0.717) is 18.7 Å². The summed E-state index contributed by atoms with van der Waals surface area (Å²) in [7, 11) is 0. The van der Waals surface area contributed by atoms with Gasteiger partial charge in [0, 0.05) is 6.04 Å². The van der Waals surface area contributed by atoms with Gasteiger partial charge in [0.2, 0.25) is 5.90 Å². The number of piperidine rings is 1. The van der Waals surface area contributed by atoms with Gasteiger partial charge in [0.1, 0.15) is 12.6 Å². The van der Waals surface area contributed by atoms with Gasteiger partial charge in [0.25, 0.3) is 0 Å². The molecule has 1 aliphatic carbocycles. The van der Waals surface area contributed by atoms with Crippen molar-refractivity contribution in [1.82, 2.24) is 5.32 Å². The molecular weight excluding hydrogens is 224 g/mol. The molecule has 0 aromatic heterocycles. The number of ether oxygens (including phenoxy) is 1. The lowest BCUT2D eigenvalue weighted by Crippen LogP contribution is -2.41. The number of nitrogens with one attached hydrogen (secondary N) is 1. The van der Waals surface area contributed by atoms with Gasteiger partial charge in [-0.2, -0.15) is 0 Å². The highest BCUT2D eigenvalue weighted by atomic mass is 16.5. The highest BCUT2D eigenvalue weighted by Crippen LogP contribution is 2.37. The van der Waals surface area contributed by atoms with E-state index >= 15 is 0 Å². The predicted molar refractivity (Wildman–Crippen MR) is 70.6 cm³/mol. The smallest absolute Gasteiger partial charge is 0.202 e. The van der Waals surface area contributed by atoms with Crippen molar-refractivity contribution in [3.05, 3.63) is 35.9 Å². The molecule has 3 aliphatic rings. The Hall–Kier alpha value is -1.35. The monoisotopic (exact) mass is 242 g/mol. The van der Waals surface area contributed by atoms with Crippen molar-refractivity contribution in [2.45, 2.75) is 37.4 Å². The van der Waals surface area contributed by atoms with E-state index in [1.54, 1.807) is 0 Å². The van der Waals surface area contributed by atoms with Crippen molar-refractivity contribution in [3.8, 4) is 0 Å². The maximum Gasteiger partial charge on any atom is 0.202 e. The normalized spacial score (nSPS) is 37.7. The van der Waals surface area contributed by atoms with Gasteiger partial charge in [0.05, 0.1) is 6.04 Å². The first-order valence-corrected chi connectivity index (χ1v) is 6.91. The third-order valence-electron chi connectivity index (χ3n) is 4.48. The van der Waals surface area contributed by atoms with Gasteiger partial charge >= 0.3 is 0 Å². The second kappa shape index (κ2) is 4.09. The summed E-state index contributed by atoms with van der Waals surface area (Å²) in [6.45, 7) is 0.703. The Labute approximate surface area is 107 Å². The van der Waals surface area contributed by atoms with Crippen LogP contribution in [0.15, 0.2) is 35.3 Å². The van der Waals surface area contributed by atoms with Gasteiger partial charge in [-0.05, 0) is 30.7 Å². The highest BCUT2D eigenvalue weighted by molar-refractivity contribution is 5.84. The lowest BCUT2D eigenvalue weighted by Gasteiger charge is -2.22. The van der Waals surface area contributed by atoms with E-state index in [2.05, 4.69) is 29.6 Å². The van der Waals surface area contributed by atoms with Gasteiger partial charge in [-0.15, -0.1) is 0 Å². The topological polar surface area (TPSA) is 33.6 Å². The molecule has 1 aromatic rings. The van der Waals surface area contributed by atoms with Crippen LogP contribution in [-0.2, 0) is 4.74 Å². The summed E-state index contributed by atoms with van der Waals surface area (Å²) in [5, 5.41) is 3.65. The molecular formula is C15H18N2O. The van der Waals surface area contributed by atoms with Gasteiger partial charge in [-0.1, -0.05) is 30.3 Å². The van der Waals surface area contributed by atoms with Crippen LogP contribution in [0, 0.1) is 5.92 Å². The second-order valence-corrected chi connectivity index (χ2v) is 5.62. The lowest BCUT2D eigenvalue weighted by atomic mass is 10.00. The maximum absolute atomic E-state index is 5.84. The van der Waals surface area contributed by atoms with Crippen LogP contribution in [0.4, 0.5) is 0 Å². The number of aliphatic imine (C=N–C) groups is 1. The fourth-order valence-corrected chi connectivity index (χ4v) is 3.54. The standard InChI is InChI=1S/C15H18N2O/c1-2-4-10(5-3-1)13-9-18-15(17-13)14-11-6-7-12(8-11)16-14/h1-5,11-14,16H,6-9H2/t11-,12+,13-,14-/m1/s1. The minimum Gasteiger partial charge on any atom is -0.477 e. The fraction of sp³-hybridized carbons (Fsp3) is 0.533. The molecule has 4 atom stereocenters. The number of hydrogen-bond donors (Lipinski definition) is 1. The number of nitrogens with zero attached hydrogens (tertiary/aromatic N) is 1. The zero-order chi connectivity index (χ0) is 11.9. The Morgan fingerprint density at radius 3 is 2.78 bits per heavy atom. The summed E-state index contributed by atoms with van der Waals surface area (Å²) in [6, 6.07) is 11.7. The zero-order valence-electron chi connectivity index (χ0n) is 10.4. The van der Waals surface area contributed by atoms with Crippen LogP contribution in [-0.4, -0.2) is 24.6 Å².